The minimum atomic E-state index is -1.09. The molecule has 168 valence electrons. The molecule has 2 aromatic carbocycles. The lowest BCUT2D eigenvalue weighted by atomic mass is 9.80. The number of aromatic carboxylic acids is 1. The number of hydrogen-bond donors (Lipinski definition) is 2. The number of benzene rings is 2. The molecule has 0 radical (unpaired) electrons. The molecule has 0 saturated heterocycles. The van der Waals surface area contributed by atoms with Crippen LogP contribution in [0.2, 0.25) is 0 Å². The topological polar surface area (TPSA) is 88.5 Å². The van der Waals surface area contributed by atoms with E-state index in [-0.39, 0.29) is 23.2 Å². The van der Waals surface area contributed by atoms with Crippen LogP contribution in [0.5, 0.6) is 5.75 Å². The standard InChI is InChI=1S/C26H23FN2O4/c1-15-4-8-18(14-21(15)27)26(10-12-33-22-3-2-11-28-23(22)26)29-24(30)17-7-9-19(25(31)32)20(13-17)16-5-6-16/h2-4,7-9,11,13-14,16H,5-6,10,12H2,1H3,(H,29,30)(H,31,32)/t26-/m0/s1. The molecule has 1 saturated carbocycles. The van der Waals surface area contributed by atoms with Crippen LogP contribution in [-0.4, -0.2) is 28.6 Å². The Hall–Kier alpha value is -3.74. The van der Waals surface area contributed by atoms with E-state index in [1.165, 1.54) is 18.2 Å². The van der Waals surface area contributed by atoms with Crippen LogP contribution in [0.3, 0.4) is 0 Å². The summed E-state index contributed by atoms with van der Waals surface area (Å²) in [6.07, 6.45) is 3.80. The Labute approximate surface area is 190 Å². The van der Waals surface area contributed by atoms with Crippen molar-refractivity contribution in [3.63, 3.8) is 0 Å². The van der Waals surface area contributed by atoms with E-state index in [0.717, 1.165) is 12.8 Å². The summed E-state index contributed by atoms with van der Waals surface area (Å²) >= 11 is 0. The van der Waals surface area contributed by atoms with Crippen LogP contribution in [-0.2, 0) is 5.54 Å². The molecule has 0 unspecified atom stereocenters. The number of carbonyl (C=O) groups is 2. The molecule has 1 aliphatic carbocycles. The zero-order chi connectivity index (χ0) is 23.2. The van der Waals surface area contributed by atoms with Gasteiger partial charge in [-0.15, -0.1) is 0 Å². The number of carbonyl (C=O) groups excluding carboxylic acids is 1. The van der Waals surface area contributed by atoms with Crippen LogP contribution in [0.4, 0.5) is 4.39 Å². The Balaban J connectivity index is 1.59. The van der Waals surface area contributed by atoms with Gasteiger partial charge in [-0.1, -0.05) is 12.1 Å². The van der Waals surface area contributed by atoms with E-state index >= 15 is 0 Å². The maximum Gasteiger partial charge on any atom is 0.335 e. The molecule has 1 atom stereocenters. The molecule has 1 aliphatic heterocycles. The van der Waals surface area contributed by atoms with E-state index in [1.807, 2.05) is 0 Å². The summed E-state index contributed by atoms with van der Waals surface area (Å²) in [6, 6.07) is 13.1. The normalized spacial score (nSPS) is 19.3. The monoisotopic (exact) mass is 446 g/mol. The first-order valence-electron chi connectivity index (χ1n) is 10.9. The average Bonchev–Trinajstić information content (AvgIpc) is 3.66. The Morgan fingerprint density at radius 3 is 2.73 bits per heavy atom. The first-order valence-corrected chi connectivity index (χ1v) is 10.9. The fourth-order valence-corrected chi connectivity index (χ4v) is 4.49. The van der Waals surface area contributed by atoms with Gasteiger partial charge >= 0.3 is 5.97 Å². The molecule has 1 aromatic heterocycles. The van der Waals surface area contributed by atoms with Crippen LogP contribution in [0, 0.1) is 12.7 Å². The minimum Gasteiger partial charge on any atom is -0.491 e. The third-order valence-electron chi connectivity index (χ3n) is 6.46. The van der Waals surface area contributed by atoms with Crippen LogP contribution >= 0.6 is 0 Å². The van der Waals surface area contributed by atoms with Gasteiger partial charge in [0.05, 0.1) is 12.2 Å². The third kappa shape index (κ3) is 3.73. The second-order valence-electron chi connectivity index (χ2n) is 8.65. The highest BCUT2D eigenvalue weighted by molar-refractivity contribution is 5.97. The lowest BCUT2D eigenvalue weighted by molar-refractivity contribution is 0.0694. The highest BCUT2D eigenvalue weighted by Gasteiger charge is 2.43. The second-order valence-corrected chi connectivity index (χ2v) is 8.65. The predicted molar refractivity (Wildman–Crippen MR) is 119 cm³/mol. The first kappa shape index (κ1) is 21.1. The minimum absolute atomic E-state index is 0.162. The molecule has 2 N–H and O–H groups in total. The van der Waals surface area contributed by atoms with Gasteiger partial charge in [0.25, 0.3) is 5.91 Å². The van der Waals surface area contributed by atoms with Crippen molar-refractivity contribution in [3.05, 3.63) is 94.1 Å². The van der Waals surface area contributed by atoms with Crippen LogP contribution in [0.1, 0.15) is 68.3 Å². The van der Waals surface area contributed by atoms with E-state index in [4.69, 9.17) is 4.74 Å². The summed E-state index contributed by atoms with van der Waals surface area (Å²) in [4.78, 5) is 29.6. The third-order valence-corrected chi connectivity index (χ3v) is 6.46. The van der Waals surface area contributed by atoms with Crippen molar-refractivity contribution in [2.45, 2.75) is 37.6 Å². The van der Waals surface area contributed by atoms with E-state index in [2.05, 4.69) is 10.3 Å². The molecular weight excluding hydrogens is 423 g/mol. The van der Waals surface area contributed by atoms with Crippen LogP contribution in [0.15, 0.2) is 54.7 Å². The number of rotatable bonds is 5. The van der Waals surface area contributed by atoms with Crippen molar-refractivity contribution in [1.29, 1.82) is 0 Å². The predicted octanol–water partition coefficient (Wildman–Crippen LogP) is 4.56. The van der Waals surface area contributed by atoms with Gasteiger partial charge in [0, 0.05) is 18.2 Å². The van der Waals surface area contributed by atoms with Crippen LogP contribution in [0.25, 0.3) is 0 Å². The maximum absolute atomic E-state index is 14.6. The Morgan fingerprint density at radius 1 is 1.18 bits per heavy atom. The number of nitrogens with one attached hydrogen (secondary N) is 1. The number of fused-ring (bicyclic) bond motifs is 1. The van der Waals surface area contributed by atoms with Crippen molar-refractivity contribution < 1.29 is 23.8 Å². The lowest BCUT2D eigenvalue weighted by Gasteiger charge is -2.39. The molecule has 1 fully saturated rings. The summed E-state index contributed by atoms with van der Waals surface area (Å²) in [5.74, 6) is -1.06. The second kappa shape index (κ2) is 7.99. The number of aromatic nitrogens is 1. The molecule has 0 bridgehead atoms. The van der Waals surface area contributed by atoms with E-state index < -0.39 is 11.5 Å². The smallest absolute Gasteiger partial charge is 0.335 e. The Bertz CT molecular complexity index is 1270. The van der Waals surface area contributed by atoms with Crippen molar-refractivity contribution in [1.82, 2.24) is 10.3 Å². The summed E-state index contributed by atoms with van der Waals surface area (Å²) < 4.78 is 20.4. The Kier molecular flexibility index (Phi) is 5.12. The van der Waals surface area contributed by atoms with Gasteiger partial charge in [0.2, 0.25) is 0 Å². The first-order chi connectivity index (χ1) is 15.9. The molecule has 6 nitrogen and oxygen atoms in total. The van der Waals surface area contributed by atoms with Crippen LogP contribution < -0.4 is 10.1 Å². The number of nitrogens with zero attached hydrogens (tertiary/aromatic N) is 1. The number of amides is 1. The number of hydrogen-bond acceptors (Lipinski definition) is 4. The van der Waals surface area contributed by atoms with Crippen molar-refractivity contribution in [2.75, 3.05) is 6.61 Å². The van der Waals surface area contributed by atoms with Gasteiger partial charge in [-0.3, -0.25) is 9.78 Å². The highest BCUT2D eigenvalue weighted by atomic mass is 19.1. The number of ether oxygens (including phenoxy) is 1. The summed E-state index contributed by atoms with van der Waals surface area (Å²) in [6.45, 7) is 2.00. The number of pyridine rings is 1. The van der Waals surface area contributed by atoms with Gasteiger partial charge in [-0.05, 0) is 78.8 Å². The summed E-state index contributed by atoms with van der Waals surface area (Å²) in [7, 11) is 0. The van der Waals surface area contributed by atoms with E-state index in [1.54, 1.807) is 43.5 Å². The molecule has 1 amide bonds. The molecule has 2 aliphatic rings. The SMILES string of the molecule is Cc1ccc([C@@]2(NC(=O)c3ccc(C(=O)O)c(C4CC4)c3)CCOc3cccnc32)cc1F. The molecule has 3 aromatic rings. The van der Waals surface area contributed by atoms with Crippen molar-refractivity contribution >= 4 is 11.9 Å². The zero-order valence-corrected chi connectivity index (χ0v) is 18.1. The number of aryl methyl sites for hydroxylation is 1. The average molecular weight is 446 g/mol. The van der Waals surface area contributed by atoms with Gasteiger partial charge in [0.1, 0.15) is 22.8 Å². The van der Waals surface area contributed by atoms with Gasteiger partial charge in [0.15, 0.2) is 0 Å². The molecule has 0 spiro atoms. The molecule has 2 heterocycles. The lowest BCUT2D eigenvalue weighted by Crippen LogP contribution is -2.50. The molecule has 7 heteroatoms. The molecule has 5 rings (SSSR count). The van der Waals surface area contributed by atoms with Gasteiger partial charge in [-0.25, -0.2) is 9.18 Å². The van der Waals surface area contributed by atoms with E-state index in [9.17, 15) is 19.1 Å². The fraction of sp³-hybridized carbons (Fsp3) is 0.269. The zero-order valence-electron chi connectivity index (χ0n) is 18.1. The largest absolute Gasteiger partial charge is 0.491 e. The van der Waals surface area contributed by atoms with Crippen molar-refractivity contribution in [3.8, 4) is 5.75 Å². The summed E-state index contributed by atoms with van der Waals surface area (Å²) in [5, 5.41) is 12.6. The highest BCUT2D eigenvalue weighted by Crippen LogP contribution is 2.43. The van der Waals surface area contributed by atoms with Gasteiger partial charge in [-0.2, -0.15) is 0 Å². The summed E-state index contributed by atoms with van der Waals surface area (Å²) in [5.41, 5.74) is 1.76. The quantitative estimate of drug-likeness (QED) is 0.600. The number of carboxylic acids is 1. The number of halogens is 1. The molecule has 33 heavy (non-hydrogen) atoms. The van der Waals surface area contributed by atoms with E-state index in [0.29, 0.717) is 46.7 Å². The Morgan fingerprint density at radius 2 is 2.00 bits per heavy atom. The number of carboxylic acid groups (broad SMARTS) is 1. The van der Waals surface area contributed by atoms with Crippen molar-refractivity contribution in [2.24, 2.45) is 0 Å². The fourth-order valence-electron chi connectivity index (χ4n) is 4.49. The molecular formula is C26H23FN2O4. The maximum atomic E-state index is 14.6. The van der Waals surface area contributed by atoms with Gasteiger partial charge < -0.3 is 15.2 Å².